The van der Waals surface area contributed by atoms with Gasteiger partial charge in [-0.15, -0.1) is 0 Å². The number of carbonyl (C=O) groups excluding carboxylic acids is 2. The summed E-state index contributed by atoms with van der Waals surface area (Å²) in [5.41, 5.74) is 3.09. The minimum absolute atomic E-state index is 0.111. The summed E-state index contributed by atoms with van der Waals surface area (Å²) in [6.45, 7) is 16.2. The minimum atomic E-state index is -0.111. The van der Waals surface area contributed by atoms with Gasteiger partial charge in [-0.2, -0.15) is 0 Å². The van der Waals surface area contributed by atoms with Crippen molar-refractivity contribution in [3.63, 3.8) is 0 Å². The zero-order valence-electron chi connectivity index (χ0n) is 16.8. The number of ketones is 2. The summed E-state index contributed by atoms with van der Waals surface area (Å²) < 4.78 is 0. The molecular weight excluding hydrogens is 314 g/mol. The number of likely N-dealkylation sites (N-methyl/N-ethyl adjacent to an activating group) is 2. The quantitative estimate of drug-likeness (QED) is 0.651. The van der Waals surface area contributed by atoms with Gasteiger partial charge in [-0.3, -0.25) is 24.4 Å². The Morgan fingerprint density at radius 1 is 0.920 bits per heavy atom. The van der Waals surface area contributed by atoms with Crippen molar-refractivity contribution >= 4 is 11.6 Å². The van der Waals surface area contributed by atoms with E-state index in [9.17, 15) is 9.59 Å². The molecule has 0 saturated carbocycles. The summed E-state index contributed by atoms with van der Waals surface area (Å²) in [7, 11) is 0. The molecule has 1 heterocycles. The van der Waals surface area contributed by atoms with Gasteiger partial charge in [0.15, 0.2) is 0 Å². The van der Waals surface area contributed by atoms with E-state index in [0.717, 1.165) is 30.0 Å². The Labute approximate surface area is 152 Å². The lowest BCUT2D eigenvalue weighted by Gasteiger charge is -2.27. The van der Waals surface area contributed by atoms with E-state index < -0.39 is 0 Å². The molecule has 1 rings (SSSR count). The molecule has 0 aliphatic carbocycles. The maximum absolute atomic E-state index is 11.7. The molecule has 0 N–H and O–H groups in total. The third-order valence-electron chi connectivity index (χ3n) is 4.89. The van der Waals surface area contributed by atoms with Crippen LogP contribution in [-0.4, -0.2) is 51.5 Å². The second-order valence-electron chi connectivity index (χ2n) is 6.83. The number of Topliss-reactive ketones (excluding diaryl/α,β-unsaturated/α-hetero) is 2. The van der Waals surface area contributed by atoms with Crippen LogP contribution in [0.2, 0.25) is 0 Å². The maximum atomic E-state index is 11.7. The van der Waals surface area contributed by atoms with Crippen LogP contribution in [-0.2, 0) is 22.7 Å². The van der Waals surface area contributed by atoms with E-state index in [2.05, 4.69) is 42.7 Å². The highest BCUT2D eigenvalue weighted by Gasteiger charge is 2.19. The number of nitrogens with zero attached hydrogens (tertiary/aromatic N) is 3. The van der Waals surface area contributed by atoms with Gasteiger partial charge in [0.05, 0.1) is 23.5 Å². The molecule has 1 aromatic heterocycles. The van der Waals surface area contributed by atoms with Crippen LogP contribution in [0.4, 0.5) is 0 Å². The van der Waals surface area contributed by atoms with Crippen molar-refractivity contribution in [1.29, 1.82) is 0 Å². The molecule has 0 aliphatic rings. The van der Waals surface area contributed by atoms with E-state index in [1.165, 1.54) is 0 Å². The first-order valence-corrected chi connectivity index (χ1v) is 9.14. The third kappa shape index (κ3) is 6.33. The number of carbonyl (C=O) groups is 2. The maximum Gasteiger partial charge on any atom is 0.146 e. The Balaban J connectivity index is 2.98. The van der Waals surface area contributed by atoms with Crippen LogP contribution in [0.25, 0.3) is 0 Å². The van der Waals surface area contributed by atoms with Gasteiger partial charge in [0.25, 0.3) is 0 Å². The molecule has 2 atom stereocenters. The van der Waals surface area contributed by atoms with E-state index in [0.29, 0.717) is 13.1 Å². The van der Waals surface area contributed by atoms with E-state index in [1.807, 2.05) is 13.8 Å². The van der Waals surface area contributed by atoms with E-state index >= 15 is 0 Å². The fraction of sp³-hybridized carbons (Fsp3) is 0.650. The van der Waals surface area contributed by atoms with Gasteiger partial charge in [-0.1, -0.05) is 13.8 Å². The van der Waals surface area contributed by atoms with Crippen LogP contribution in [0.3, 0.4) is 0 Å². The fourth-order valence-corrected chi connectivity index (χ4v) is 2.95. The molecule has 0 amide bonds. The first-order chi connectivity index (χ1) is 11.7. The standard InChI is InChI=1S/C20H33N3O2/c1-8-22(15(4)17(6)24)12-19-10-14(3)11-20(21-19)13-23(9-2)16(5)18(7)25/h10-11,15-16H,8-9,12-13H2,1-7H3. The van der Waals surface area contributed by atoms with Gasteiger partial charge in [-0.25, -0.2) is 0 Å². The summed E-state index contributed by atoms with van der Waals surface area (Å²) in [6, 6.07) is 3.93. The molecule has 0 aromatic carbocycles. The van der Waals surface area contributed by atoms with Gasteiger partial charge in [0.2, 0.25) is 0 Å². The summed E-state index contributed by atoms with van der Waals surface area (Å²) >= 11 is 0. The van der Waals surface area contributed by atoms with Gasteiger partial charge in [0, 0.05) is 13.1 Å². The van der Waals surface area contributed by atoms with Crippen LogP contribution in [0.15, 0.2) is 12.1 Å². The molecular formula is C20H33N3O2. The second-order valence-corrected chi connectivity index (χ2v) is 6.83. The highest BCUT2D eigenvalue weighted by molar-refractivity contribution is 5.81. The number of pyridine rings is 1. The van der Waals surface area contributed by atoms with Crippen molar-refractivity contribution in [2.45, 2.75) is 73.6 Å². The summed E-state index contributed by atoms with van der Waals surface area (Å²) in [5, 5.41) is 0. The Kier molecular flexibility index (Phi) is 8.39. The van der Waals surface area contributed by atoms with E-state index in [1.54, 1.807) is 13.8 Å². The smallest absolute Gasteiger partial charge is 0.146 e. The molecule has 5 heteroatoms. The SMILES string of the molecule is CCN(Cc1cc(C)cc(CN(CC)C(C)C(C)=O)n1)C(C)C(C)=O. The largest absolute Gasteiger partial charge is 0.298 e. The van der Waals surface area contributed by atoms with Crippen molar-refractivity contribution < 1.29 is 9.59 Å². The molecule has 0 fully saturated rings. The monoisotopic (exact) mass is 347 g/mol. The van der Waals surface area contributed by atoms with Crippen molar-refractivity contribution in [2.24, 2.45) is 0 Å². The Bertz CT molecular complexity index is 552. The highest BCUT2D eigenvalue weighted by atomic mass is 16.1. The molecule has 25 heavy (non-hydrogen) atoms. The Hall–Kier alpha value is -1.59. The lowest BCUT2D eigenvalue weighted by molar-refractivity contribution is -0.122. The number of aryl methyl sites for hydroxylation is 1. The second kappa shape index (κ2) is 9.78. The minimum Gasteiger partial charge on any atom is -0.298 e. The van der Waals surface area contributed by atoms with Crippen molar-refractivity contribution in [3.05, 3.63) is 29.1 Å². The molecule has 0 spiro atoms. The lowest BCUT2D eigenvalue weighted by Crippen LogP contribution is -2.38. The summed E-state index contributed by atoms with van der Waals surface area (Å²) in [6.07, 6.45) is 0. The van der Waals surface area contributed by atoms with Crippen LogP contribution >= 0.6 is 0 Å². The molecule has 0 radical (unpaired) electrons. The molecule has 0 bridgehead atoms. The molecule has 0 saturated heterocycles. The number of rotatable bonds is 10. The predicted molar refractivity (Wildman–Crippen MR) is 101 cm³/mol. The van der Waals surface area contributed by atoms with Gasteiger partial charge < -0.3 is 0 Å². The number of hydrogen-bond donors (Lipinski definition) is 0. The summed E-state index contributed by atoms with van der Waals surface area (Å²) in [4.78, 5) is 32.4. The first-order valence-electron chi connectivity index (χ1n) is 9.14. The first kappa shape index (κ1) is 21.5. The van der Waals surface area contributed by atoms with Crippen molar-refractivity contribution in [3.8, 4) is 0 Å². The van der Waals surface area contributed by atoms with Crippen molar-refractivity contribution in [1.82, 2.24) is 14.8 Å². The highest BCUT2D eigenvalue weighted by Crippen LogP contribution is 2.14. The number of hydrogen-bond acceptors (Lipinski definition) is 5. The van der Waals surface area contributed by atoms with Crippen LogP contribution in [0, 0.1) is 6.92 Å². The summed E-state index contributed by atoms with van der Waals surface area (Å²) in [5.74, 6) is 0.337. The Morgan fingerprint density at radius 2 is 1.28 bits per heavy atom. The lowest BCUT2D eigenvalue weighted by atomic mass is 10.1. The predicted octanol–water partition coefficient (Wildman–Crippen LogP) is 2.99. The van der Waals surface area contributed by atoms with Crippen LogP contribution in [0.1, 0.15) is 58.5 Å². The molecule has 5 nitrogen and oxygen atoms in total. The third-order valence-corrected chi connectivity index (χ3v) is 4.89. The van der Waals surface area contributed by atoms with Crippen LogP contribution < -0.4 is 0 Å². The number of aromatic nitrogens is 1. The zero-order chi connectivity index (χ0) is 19.1. The van der Waals surface area contributed by atoms with Gasteiger partial charge in [0.1, 0.15) is 11.6 Å². The topological polar surface area (TPSA) is 53.5 Å². The van der Waals surface area contributed by atoms with E-state index in [4.69, 9.17) is 4.98 Å². The molecule has 1 aromatic rings. The fourth-order valence-electron chi connectivity index (χ4n) is 2.95. The van der Waals surface area contributed by atoms with E-state index in [-0.39, 0.29) is 23.7 Å². The normalized spacial score (nSPS) is 14.0. The average Bonchev–Trinajstić information content (AvgIpc) is 2.55. The van der Waals surface area contributed by atoms with Crippen LogP contribution in [0.5, 0.6) is 0 Å². The molecule has 2 unspecified atom stereocenters. The molecule has 0 aliphatic heterocycles. The van der Waals surface area contributed by atoms with Gasteiger partial charge >= 0.3 is 0 Å². The Morgan fingerprint density at radius 3 is 1.56 bits per heavy atom. The zero-order valence-corrected chi connectivity index (χ0v) is 16.8. The van der Waals surface area contributed by atoms with Crippen molar-refractivity contribution in [2.75, 3.05) is 13.1 Å². The average molecular weight is 348 g/mol. The van der Waals surface area contributed by atoms with Gasteiger partial charge in [-0.05, 0) is 65.4 Å². The molecule has 140 valence electrons.